The van der Waals surface area contributed by atoms with Crippen molar-refractivity contribution in [2.75, 3.05) is 13.7 Å². The molecule has 0 aliphatic rings. The van der Waals surface area contributed by atoms with Crippen LogP contribution in [0.15, 0.2) is 24.3 Å². The third-order valence-corrected chi connectivity index (χ3v) is 2.54. The minimum Gasteiger partial charge on any atom is -0.384 e. The van der Waals surface area contributed by atoms with Gasteiger partial charge in [-0.3, -0.25) is 4.79 Å². The summed E-state index contributed by atoms with van der Waals surface area (Å²) >= 11 is 0. The second-order valence-corrected chi connectivity index (χ2v) is 4.42. The average molecular weight is 206 g/mol. The van der Waals surface area contributed by atoms with Crippen LogP contribution in [0.2, 0.25) is 0 Å². The van der Waals surface area contributed by atoms with Crippen LogP contribution >= 0.6 is 0 Å². The van der Waals surface area contributed by atoms with Gasteiger partial charge in [-0.1, -0.05) is 38.1 Å². The zero-order chi connectivity index (χ0) is 11.5. The molecule has 0 aromatic heterocycles. The average Bonchev–Trinajstić information content (AvgIpc) is 2.17. The van der Waals surface area contributed by atoms with Gasteiger partial charge in [0.2, 0.25) is 0 Å². The van der Waals surface area contributed by atoms with E-state index in [0.717, 1.165) is 11.1 Å². The van der Waals surface area contributed by atoms with Crippen molar-refractivity contribution in [1.82, 2.24) is 0 Å². The van der Waals surface area contributed by atoms with Gasteiger partial charge in [-0.15, -0.1) is 0 Å². The van der Waals surface area contributed by atoms with Crippen molar-refractivity contribution in [3.05, 3.63) is 35.4 Å². The molecule has 1 aromatic rings. The fourth-order valence-electron chi connectivity index (χ4n) is 1.82. The summed E-state index contributed by atoms with van der Waals surface area (Å²) in [4.78, 5) is 11.5. The molecule has 82 valence electrons. The SMILES string of the molecule is COCC(C)(C)c1ccccc1C(C)=O. The Kier molecular flexibility index (Phi) is 3.64. The molecule has 0 aliphatic heterocycles. The third-order valence-electron chi connectivity index (χ3n) is 2.54. The summed E-state index contributed by atoms with van der Waals surface area (Å²) in [5.74, 6) is 0.106. The maximum absolute atomic E-state index is 11.5. The summed E-state index contributed by atoms with van der Waals surface area (Å²) in [5.41, 5.74) is 1.72. The van der Waals surface area contributed by atoms with Gasteiger partial charge in [-0.2, -0.15) is 0 Å². The van der Waals surface area contributed by atoms with Gasteiger partial charge in [-0.05, 0) is 12.5 Å². The normalized spacial score (nSPS) is 11.5. The lowest BCUT2D eigenvalue weighted by molar-refractivity contribution is 0.101. The Morgan fingerprint density at radius 3 is 2.47 bits per heavy atom. The summed E-state index contributed by atoms with van der Waals surface area (Å²) in [6.45, 7) is 6.37. The van der Waals surface area contributed by atoms with Crippen molar-refractivity contribution in [1.29, 1.82) is 0 Å². The van der Waals surface area contributed by atoms with E-state index in [4.69, 9.17) is 4.74 Å². The molecule has 0 amide bonds. The fraction of sp³-hybridized carbons (Fsp3) is 0.462. The van der Waals surface area contributed by atoms with Gasteiger partial charge in [0, 0.05) is 18.1 Å². The molecule has 0 radical (unpaired) electrons. The zero-order valence-corrected chi connectivity index (χ0v) is 9.83. The molecular weight excluding hydrogens is 188 g/mol. The number of carbonyl (C=O) groups excluding carboxylic acids is 1. The van der Waals surface area contributed by atoms with Gasteiger partial charge >= 0.3 is 0 Å². The summed E-state index contributed by atoms with van der Waals surface area (Å²) in [5, 5.41) is 0. The summed E-state index contributed by atoms with van der Waals surface area (Å²) < 4.78 is 5.18. The van der Waals surface area contributed by atoms with Crippen LogP contribution in [-0.4, -0.2) is 19.5 Å². The molecule has 0 saturated carbocycles. The summed E-state index contributed by atoms with van der Waals surface area (Å²) in [6, 6.07) is 7.72. The lowest BCUT2D eigenvalue weighted by Gasteiger charge is -2.26. The van der Waals surface area contributed by atoms with Crippen LogP contribution in [0.5, 0.6) is 0 Å². The fourth-order valence-corrected chi connectivity index (χ4v) is 1.82. The van der Waals surface area contributed by atoms with Crippen LogP contribution in [0, 0.1) is 0 Å². The molecule has 1 rings (SSSR count). The van der Waals surface area contributed by atoms with Crippen molar-refractivity contribution in [3.8, 4) is 0 Å². The molecule has 0 spiro atoms. The molecule has 0 N–H and O–H groups in total. The van der Waals surface area contributed by atoms with E-state index in [2.05, 4.69) is 13.8 Å². The van der Waals surface area contributed by atoms with E-state index in [9.17, 15) is 4.79 Å². The second-order valence-electron chi connectivity index (χ2n) is 4.42. The van der Waals surface area contributed by atoms with Gasteiger partial charge in [0.1, 0.15) is 0 Å². The van der Waals surface area contributed by atoms with E-state index in [-0.39, 0.29) is 11.2 Å². The van der Waals surface area contributed by atoms with E-state index in [1.54, 1.807) is 14.0 Å². The molecule has 0 fully saturated rings. The van der Waals surface area contributed by atoms with Gasteiger partial charge in [0.25, 0.3) is 0 Å². The highest BCUT2D eigenvalue weighted by atomic mass is 16.5. The number of rotatable bonds is 4. The molecule has 0 bridgehead atoms. The number of methoxy groups -OCH3 is 1. The first-order valence-electron chi connectivity index (χ1n) is 5.08. The lowest BCUT2D eigenvalue weighted by Crippen LogP contribution is -2.25. The third kappa shape index (κ3) is 2.66. The van der Waals surface area contributed by atoms with Gasteiger partial charge in [0.15, 0.2) is 5.78 Å². The first kappa shape index (κ1) is 11.9. The van der Waals surface area contributed by atoms with Crippen molar-refractivity contribution in [2.45, 2.75) is 26.2 Å². The van der Waals surface area contributed by atoms with Gasteiger partial charge in [-0.25, -0.2) is 0 Å². The predicted molar refractivity (Wildman–Crippen MR) is 61.3 cm³/mol. The Hall–Kier alpha value is -1.15. The quantitative estimate of drug-likeness (QED) is 0.708. The molecule has 15 heavy (non-hydrogen) atoms. The molecule has 0 unspecified atom stereocenters. The number of hydrogen-bond acceptors (Lipinski definition) is 2. The standard InChI is InChI=1S/C13H18O2/c1-10(14)11-7-5-6-8-12(11)13(2,3)9-15-4/h5-8H,9H2,1-4H3. The number of ether oxygens (including phenoxy) is 1. The van der Waals surface area contributed by atoms with E-state index >= 15 is 0 Å². The van der Waals surface area contributed by atoms with E-state index in [1.807, 2.05) is 24.3 Å². The van der Waals surface area contributed by atoms with Crippen molar-refractivity contribution < 1.29 is 9.53 Å². The van der Waals surface area contributed by atoms with E-state index in [1.165, 1.54) is 0 Å². The number of Topliss-reactive ketones (excluding diaryl/α,β-unsaturated/α-hetero) is 1. The van der Waals surface area contributed by atoms with Gasteiger partial charge < -0.3 is 4.74 Å². The van der Waals surface area contributed by atoms with E-state index < -0.39 is 0 Å². The highest BCUT2D eigenvalue weighted by Crippen LogP contribution is 2.26. The predicted octanol–water partition coefficient (Wildman–Crippen LogP) is 2.81. The molecule has 2 heteroatoms. The van der Waals surface area contributed by atoms with Crippen LogP contribution in [0.25, 0.3) is 0 Å². The lowest BCUT2D eigenvalue weighted by atomic mass is 9.81. The van der Waals surface area contributed by atoms with Crippen LogP contribution in [0.3, 0.4) is 0 Å². The highest BCUT2D eigenvalue weighted by Gasteiger charge is 2.24. The zero-order valence-electron chi connectivity index (χ0n) is 9.83. The van der Waals surface area contributed by atoms with Gasteiger partial charge in [0.05, 0.1) is 6.61 Å². The number of hydrogen-bond donors (Lipinski definition) is 0. The molecule has 0 aliphatic carbocycles. The molecule has 2 nitrogen and oxygen atoms in total. The maximum atomic E-state index is 11.5. The summed E-state index contributed by atoms with van der Waals surface area (Å²) in [6.07, 6.45) is 0. The Morgan fingerprint density at radius 1 is 1.33 bits per heavy atom. The molecule has 0 saturated heterocycles. The first-order valence-corrected chi connectivity index (χ1v) is 5.08. The molecular formula is C13H18O2. The topological polar surface area (TPSA) is 26.3 Å². The molecule has 1 aromatic carbocycles. The van der Waals surface area contributed by atoms with E-state index in [0.29, 0.717) is 6.61 Å². The van der Waals surface area contributed by atoms with Crippen LogP contribution in [0.1, 0.15) is 36.7 Å². The number of benzene rings is 1. The Bertz CT molecular complexity index is 353. The number of ketones is 1. The maximum Gasteiger partial charge on any atom is 0.160 e. The minimum absolute atomic E-state index is 0.106. The van der Waals surface area contributed by atoms with Crippen LogP contribution in [0.4, 0.5) is 0 Å². The summed E-state index contributed by atoms with van der Waals surface area (Å²) in [7, 11) is 1.68. The molecule has 0 heterocycles. The Morgan fingerprint density at radius 2 is 1.93 bits per heavy atom. The number of carbonyl (C=O) groups is 1. The second kappa shape index (κ2) is 4.58. The van der Waals surface area contributed by atoms with Crippen molar-refractivity contribution in [3.63, 3.8) is 0 Å². The van der Waals surface area contributed by atoms with Crippen LogP contribution in [-0.2, 0) is 10.2 Å². The minimum atomic E-state index is -0.128. The first-order chi connectivity index (χ1) is 6.99. The monoisotopic (exact) mass is 206 g/mol. The Balaban J connectivity index is 3.18. The molecule has 0 atom stereocenters. The highest BCUT2D eigenvalue weighted by molar-refractivity contribution is 5.95. The van der Waals surface area contributed by atoms with Crippen LogP contribution < -0.4 is 0 Å². The largest absolute Gasteiger partial charge is 0.384 e. The smallest absolute Gasteiger partial charge is 0.160 e. The van der Waals surface area contributed by atoms with Crippen molar-refractivity contribution in [2.24, 2.45) is 0 Å². The Labute approximate surface area is 91.3 Å². The van der Waals surface area contributed by atoms with Crippen molar-refractivity contribution >= 4 is 5.78 Å².